The molecule has 0 N–H and O–H groups in total. The molecule has 0 unspecified atom stereocenters. The molecule has 3 aromatic heterocycles. The van der Waals surface area contributed by atoms with Crippen molar-refractivity contribution < 1.29 is 4.52 Å². The van der Waals surface area contributed by atoms with Gasteiger partial charge in [-0.3, -0.25) is 0 Å². The van der Waals surface area contributed by atoms with Crippen LogP contribution < -0.4 is 4.90 Å². The van der Waals surface area contributed by atoms with E-state index in [1.807, 2.05) is 36.4 Å². The highest BCUT2D eigenvalue weighted by Gasteiger charge is 2.14. The molecule has 0 aliphatic carbocycles. The summed E-state index contributed by atoms with van der Waals surface area (Å²) in [5, 5.41) is 18.0. The molecule has 4 aromatic rings. The van der Waals surface area contributed by atoms with E-state index in [9.17, 15) is 0 Å². The van der Waals surface area contributed by atoms with E-state index >= 15 is 0 Å². The first-order valence-corrected chi connectivity index (χ1v) is 10.6. The lowest BCUT2D eigenvalue weighted by atomic mass is 10.2. The van der Waals surface area contributed by atoms with Crippen molar-refractivity contribution in [3.05, 3.63) is 53.1 Å². The van der Waals surface area contributed by atoms with Crippen molar-refractivity contribution in [3.63, 3.8) is 0 Å². The fourth-order valence-electron chi connectivity index (χ4n) is 3.25. The molecule has 0 saturated heterocycles. The zero-order valence-corrected chi connectivity index (χ0v) is 17.9. The van der Waals surface area contributed by atoms with Crippen molar-refractivity contribution in [1.29, 1.82) is 0 Å². The molecular weight excluding hydrogens is 402 g/mol. The Kier molecular flexibility index (Phi) is 6.23. The van der Waals surface area contributed by atoms with E-state index in [4.69, 9.17) is 21.2 Å². The number of anilines is 1. The van der Waals surface area contributed by atoms with E-state index in [1.165, 1.54) is 0 Å². The maximum absolute atomic E-state index is 6.04. The average Bonchev–Trinajstić information content (AvgIpc) is 3.40. The highest BCUT2D eigenvalue weighted by molar-refractivity contribution is 6.30. The van der Waals surface area contributed by atoms with Gasteiger partial charge < -0.3 is 9.42 Å². The van der Waals surface area contributed by atoms with Crippen LogP contribution in [0, 0.1) is 0 Å². The molecule has 0 spiro atoms. The summed E-state index contributed by atoms with van der Waals surface area (Å²) < 4.78 is 7.21. The summed E-state index contributed by atoms with van der Waals surface area (Å²) >= 11 is 6.04. The van der Waals surface area contributed by atoms with E-state index < -0.39 is 0 Å². The summed E-state index contributed by atoms with van der Waals surface area (Å²) in [4.78, 5) is 6.74. The topological polar surface area (TPSA) is 85.2 Å². The summed E-state index contributed by atoms with van der Waals surface area (Å²) in [5.41, 5.74) is 1.55. The van der Waals surface area contributed by atoms with Crippen molar-refractivity contribution in [1.82, 2.24) is 30.0 Å². The van der Waals surface area contributed by atoms with E-state index in [0.29, 0.717) is 29.6 Å². The highest BCUT2D eigenvalue weighted by atomic mass is 35.5. The first-order valence-electron chi connectivity index (χ1n) is 10.2. The van der Waals surface area contributed by atoms with Crippen LogP contribution in [0.15, 0.2) is 40.9 Å². The minimum atomic E-state index is 0.522. The van der Waals surface area contributed by atoms with Crippen molar-refractivity contribution >= 4 is 23.1 Å². The SMILES string of the molecule is CCCCN(CC)c1ccc2nnc(CCc3nc(-c4cccc(Cl)c4)no3)n2n1. The standard InChI is InChI=1S/C21H24ClN7O/c1-3-5-13-28(4-2)19-10-9-17-24-25-18(29(17)26-19)11-12-20-23-21(27-30-20)15-7-6-8-16(22)14-15/h6-10,14H,3-5,11-13H2,1-2H3. The Morgan fingerprint density at radius 2 is 2.00 bits per heavy atom. The van der Waals surface area contributed by atoms with Gasteiger partial charge in [-0.1, -0.05) is 42.2 Å². The van der Waals surface area contributed by atoms with Gasteiger partial charge in [-0.25, -0.2) is 0 Å². The van der Waals surface area contributed by atoms with E-state index in [2.05, 4.69) is 39.1 Å². The highest BCUT2D eigenvalue weighted by Crippen LogP contribution is 2.20. The minimum Gasteiger partial charge on any atom is -0.355 e. The number of rotatable bonds is 9. The van der Waals surface area contributed by atoms with Crippen LogP contribution in [0.2, 0.25) is 5.02 Å². The molecule has 0 radical (unpaired) electrons. The van der Waals surface area contributed by atoms with E-state index in [1.54, 1.807) is 4.52 Å². The molecule has 0 amide bonds. The number of unbranched alkanes of at least 4 members (excludes halogenated alkanes) is 1. The van der Waals surface area contributed by atoms with Crippen LogP contribution in [0.25, 0.3) is 17.0 Å². The number of aryl methyl sites for hydroxylation is 2. The van der Waals surface area contributed by atoms with Crippen LogP contribution in [0.1, 0.15) is 38.4 Å². The van der Waals surface area contributed by atoms with Gasteiger partial charge in [0.05, 0.1) is 0 Å². The number of hydrogen-bond acceptors (Lipinski definition) is 7. The van der Waals surface area contributed by atoms with Gasteiger partial charge in [0.1, 0.15) is 5.82 Å². The fraction of sp³-hybridized carbons (Fsp3) is 0.381. The second kappa shape index (κ2) is 9.21. The van der Waals surface area contributed by atoms with E-state index in [-0.39, 0.29) is 0 Å². The Morgan fingerprint density at radius 1 is 1.10 bits per heavy atom. The second-order valence-electron chi connectivity index (χ2n) is 7.03. The Balaban J connectivity index is 1.50. The summed E-state index contributed by atoms with van der Waals surface area (Å²) in [5.74, 6) is 2.76. The van der Waals surface area contributed by atoms with Gasteiger partial charge in [0.15, 0.2) is 11.5 Å². The molecule has 9 heteroatoms. The zero-order valence-electron chi connectivity index (χ0n) is 17.1. The Hall–Kier alpha value is -3.00. The molecule has 4 rings (SSSR count). The number of aromatic nitrogens is 6. The van der Waals surface area contributed by atoms with Crippen molar-refractivity contribution in [3.8, 4) is 11.4 Å². The molecule has 156 valence electrons. The van der Waals surface area contributed by atoms with Gasteiger partial charge in [-0.05, 0) is 37.6 Å². The van der Waals surface area contributed by atoms with Crippen molar-refractivity contribution in [2.75, 3.05) is 18.0 Å². The lowest BCUT2D eigenvalue weighted by Gasteiger charge is -2.21. The quantitative estimate of drug-likeness (QED) is 0.396. The molecule has 30 heavy (non-hydrogen) atoms. The molecule has 0 aliphatic rings. The number of fused-ring (bicyclic) bond motifs is 1. The van der Waals surface area contributed by atoms with Crippen LogP contribution in [0.5, 0.6) is 0 Å². The molecule has 0 atom stereocenters. The largest absolute Gasteiger partial charge is 0.355 e. The summed E-state index contributed by atoms with van der Waals surface area (Å²) in [6, 6.07) is 11.3. The molecule has 0 saturated carbocycles. The molecule has 0 aliphatic heterocycles. The third-order valence-corrected chi connectivity index (χ3v) is 5.15. The van der Waals surface area contributed by atoms with Gasteiger partial charge in [-0.15, -0.1) is 15.3 Å². The summed E-state index contributed by atoms with van der Waals surface area (Å²) in [7, 11) is 0. The number of benzene rings is 1. The fourth-order valence-corrected chi connectivity index (χ4v) is 3.44. The second-order valence-corrected chi connectivity index (χ2v) is 7.47. The number of halogens is 1. The third-order valence-electron chi connectivity index (χ3n) is 4.91. The van der Waals surface area contributed by atoms with Crippen LogP contribution >= 0.6 is 11.6 Å². The van der Waals surface area contributed by atoms with Crippen molar-refractivity contribution in [2.45, 2.75) is 39.5 Å². The van der Waals surface area contributed by atoms with Crippen LogP contribution in [-0.4, -0.2) is 43.0 Å². The number of hydrogen-bond donors (Lipinski definition) is 0. The van der Waals surface area contributed by atoms with Gasteiger partial charge in [0.25, 0.3) is 0 Å². The van der Waals surface area contributed by atoms with Gasteiger partial charge >= 0.3 is 0 Å². The predicted molar refractivity (Wildman–Crippen MR) is 116 cm³/mol. The normalized spacial score (nSPS) is 11.3. The smallest absolute Gasteiger partial charge is 0.227 e. The maximum Gasteiger partial charge on any atom is 0.227 e. The molecule has 8 nitrogen and oxygen atoms in total. The Morgan fingerprint density at radius 3 is 2.80 bits per heavy atom. The molecular formula is C21H24ClN7O. The molecule has 0 fully saturated rings. The lowest BCUT2D eigenvalue weighted by Crippen LogP contribution is -2.25. The zero-order chi connectivity index (χ0) is 20.9. The van der Waals surface area contributed by atoms with E-state index in [0.717, 1.165) is 48.8 Å². The van der Waals surface area contributed by atoms with Gasteiger partial charge in [0.2, 0.25) is 11.7 Å². The predicted octanol–water partition coefficient (Wildman–Crippen LogP) is 4.24. The monoisotopic (exact) mass is 425 g/mol. The van der Waals surface area contributed by atoms with Gasteiger partial charge in [0, 0.05) is 36.5 Å². The summed E-state index contributed by atoms with van der Waals surface area (Å²) in [6.07, 6.45) is 3.43. The number of nitrogens with zero attached hydrogens (tertiary/aromatic N) is 7. The lowest BCUT2D eigenvalue weighted by molar-refractivity contribution is 0.377. The van der Waals surface area contributed by atoms with Crippen LogP contribution in [0.3, 0.4) is 0 Å². The Bertz CT molecular complexity index is 1120. The van der Waals surface area contributed by atoms with Crippen LogP contribution in [-0.2, 0) is 12.8 Å². The molecule has 1 aromatic carbocycles. The molecule has 0 bridgehead atoms. The Labute approximate surface area is 179 Å². The first-order chi connectivity index (χ1) is 14.7. The molecule has 3 heterocycles. The summed E-state index contributed by atoms with van der Waals surface area (Å²) in [6.45, 7) is 6.22. The first kappa shape index (κ1) is 20.3. The minimum absolute atomic E-state index is 0.522. The third kappa shape index (κ3) is 4.43. The van der Waals surface area contributed by atoms with Gasteiger partial charge in [-0.2, -0.15) is 9.50 Å². The maximum atomic E-state index is 6.04. The van der Waals surface area contributed by atoms with Crippen LogP contribution in [0.4, 0.5) is 5.82 Å². The average molecular weight is 426 g/mol. The van der Waals surface area contributed by atoms with Crippen molar-refractivity contribution in [2.24, 2.45) is 0 Å².